The lowest BCUT2D eigenvalue weighted by atomic mass is 9.80. The van der Waals surface area contributed by atoms with Crippen LogP contribution in [0.2, 0.25) is 0 Å². The van der Waals surface area contributed by atoms with Gasteiger partial charge in [0.1, 0.15) is 22.6 Å². The first kappa shape index (κ1) is 32.2. The topological polar surface area (TPSA) is 51.8 Å². The van der Waals surface area contributed by atoms with Crippen LogP contribution < -0.4 is 0 Å². The van der Waals surface area contributed by atoms with Gasteiger partial charge in [0.05, 0.1) is 0 Å². The molecule has 0 amide bonds. The lowest BCUT2D eigenvalue weighted by molar-refractivity contribution is 0.669. The summed E-state index contributed by atoms with van der Waals surface area (Å²) in [7, 11) is 0. The number of hydrogen-bond donors (Lipinski definition) is 0. The summed E-state index contributed by atoms with van der Waals surface area (Å²) in [5.74, 6) is 0. The average molecular weight is 704 g/mol. The van der Waals surface area contributed by atoms with Gasteiger partial charge in [0.25, 0.3) is 0 Å². The Morgan fingerprint density at radius 2 is 0.800 bits per heavy atom. The highest BCUT2D eigenvalue weighted by atomic mass is 16.3. The van der Waals surface area contributed by atoms with Crippen molar-refractivity contribution in [3.05, 3.63) is 200 Å². The van der Waals surface area contributed by atoms with Gasteiger partial charge in [-0.1, -0.05) is 188 Å². The maximum Gasteiger partial charge on any atom is 0.136 e. The van der Waals surface area contributed by atoms with E-state index in [4.69, 9.17) is 14.6 Å². The first-order valence-corrected chi connectivity index (χ1v) is 18.5. The van der Waals surface area contributed by atoms with Crippen LogP contribution in [-0.2, 0) is 0 Å². The van der Waals surface area contributed by atoms with Crippen molar-refractivity contribution in [3.63, 3.8) is 0 Å². The van der Waals surface area contributed by atoms with Crippen LogP contribution >= 0.6 is 0 Å². The number of para-hydroxylation sites is 1. The van der Waals surface area contributed by atoms with Crippen LogP contribution in [0.3, 0.4) is 0 Å². The Kier molecular flexibility index (Phi) is 8.12. The summed E-state index contributed by atoms with van der Waals surface area (Å²) in [4.78, 5) is 0. The molecule has 0 aliphatic rings. The number of fused-ring (bicyclic) bond motifs is 3. The van der Waals surface area contributed by atoms with Crippen molar-refractivity contribution in [2.75, 3.05) is 0 Å². The Bertz CT molecular complexity index is 2940. The van der Waals surface area contributed by atoms with Crippen molar-refractivity contribution < 1.29 is 4.42 Å². The summed E-state index contributed by atoms with van der Waals surface area (Å²) >= 11 is 0. The normalized spacial score (nSPS) is 11.3. The molecular weight excluding hydrogens is 671 g/mol. The van der Waals surface area contributed by atoms with Gasteiger partial charge in [-0.2, -0.15) is 0 Å². The Hall–Kier alpha value is -7.43. The third-order valence-electron chi connectivity index (χ3n) is 10.3. The molecule has 0 unspecified atom stereocenters. The van der Waals surface area contributed by atoms with E-state index < -0.39 is 0 Å². The summed E-state index contributed by atoms with van der Waals surface area (Å²) in [5, 5.41) is 16.4. The van der Waals surface area contributed by atoms with E-state index in [9.17, 15) is 0 Å². The fourth-order valence-electron chi connectivity index (χ4n) is 7.96. The van der Waals surface area contributed by atoms with E-state index in [-0.39, 0.29) is 0 Å². The Balaban J connectivity index is 1.43. The average Bonchev–Trinajstić information content (AvgIpc) is 3.65. The quantitative estimate of drug-likeness (QED) is 0.166. The summed E-state index contributed by atoms with van der Waals surface area (Å²) in [5.41, 5.74) is 15.6. The fraction of sp³-hybridized carbons (Fsp3) is 0. The lowest BCUT2D eigenvalue weighted by Gasteiger charge is -2.23. The van der Waals surface area contributed by atoms with E-state index in [0.29, 0.717) is 0 Å². The van der Waals surface area contributed by atoms with E-state index >= 15 is 0 Å². The molecule has 258 valence electrons. The van der Waals surface area contributed by atoms with Crippen LogP contribution in [0.5, 0.6) is 0 Å². The van der Waals surface area contributed by atoms with E-state index in [1.807, 2.05) is 30.3 Å². The number of hydrogen-bond acceptors (Lipinski definition) is 4. The van der Waals surface area contributed by atoms with E-state index in [1.54, 1.807) is 0 Å². The van der Waals surface area contributed by atoms with Crippen molar-refractivity contribution in [2.24, 2.45) is 0 Å². The molecule has 0 spiro atoms. The second kappa shape index (κ2) is 13.8. The van der Waals surface area contributed by atoms with E-state index in [1.165, 1.54) is 0 Å². The molecule has 8 aromatic carbocycles. The minimum Gasteiger partial charge on any atom is -0.456 e. The molecule has 0 radical (unpaired) electrons. The van der Waals surface area contributed by atoms with Gasteiger partial charge in [-0.15, -0.1) is 10.2 Å². The molecule has 0 fully saturated rings. The predicted octanol–water partition coefficient (Wildman–Crippen LogP) is 13.4. The number of furan rings is 1. The van der Waals surface area contributed by atoms with Gasteiger partial charge in [-0.25, -0.2) is 0 Å². The summed E-state index contributed by atoms with van der Waals surface area (Å²) in [6.45, 7) is 0. The molecule has 0 bridgehead atoms. The largest absolute Gasteiger partial charge is 0.456 e. The van der Waals surface area contributed by atoms with Crippen molar-refractivity contribution in [3.8, 4) is 78.1 Å². The molecule has 0 aliphatic carbocycles. The first-order chi connectivity index (χ1) is 27.3. The SMILES string of the molecule is c1ccc(-c2cccc(-c3c(-c4ccccc4)c(-c4ccccc4)cc4oc5ccccc5c34)c2-c2nnnc(-c3ccccc3)c2-c2ccccc2)cc1. The van der Waals surface area contributed by atoms with Crippen LogP contribution in [-0.4, -0.2) is 15.4 Å². The first-order valence-electron chi connectivity index (χ1n) is 18.5. The van der Waals surface area contributed by atoms with Gasteiger partial charge in [-0.05, 0) is 61.9 Å². The maximum atomic E-state index is 6.76. The minimum atomic E-state index is 0.750. The third-order valence-corrected chi connectivity index (χ3v) is 10.3. The summed E-state index contributed by atoms with van der Waals surface area (Å²) in [6, 6.07) is 69.7. The number of aromatic nitrogens is 3. The maximum absolute atomic E-state index is 6.76. The Labute approximate surface area is 319 Å². The highest BCUT2D eigenvalue weighted by Gasteiger charge is 2.28. The highest BCUT2D eigenvalue weighted by Crippen LogP contribution is 2.52. The number of nitrogens with zero attached hydrogens (tertiary/aromatic N) is 3. The minimum absolute atomic E-state index is 0.750. The molecule has 2 heterocycles. The molecule has 0 aliphatic heterocycles. The zero-order valence-corrected chi connectivity index (χ0v) is 29.8. The molecule has 55 heavy (non-hydrogen) atoms. The van der Waals surface area contributed by atoms with Crippen LogP contribution in [0.4, 0.5) is 0 Å². The van der Waals surface area contributed by atoms with Gasteiger partial charge in [-0.3, -0.25) is 0 Å². The molecule has 0 saturated heterocycles. The van der Waals surface area contributed by atoms with Crippen LogP contribution in [0.1, 0.15) is 0 Å². The monoisotopic (exact) mass is 703 g/mol. The molecule has 10 aromatic rings. The van der Waals surface area contributed by atoms with Gasteiger partial charge in [0.2, 0.25) is 0 Å². The van der Waals surface area contributed by atoms with Gasteiger partial charge < -0.3 is 4.42 Å². The molecule has 4 heteroatoms. The lowest BCUT2D eigenvalue weighted by Crippen LogP contribution is -2.03. The Morgan fingerprint density at radius 3 is 1.44 bits per heavy atom. The van der Waals surface area contributed by atoms with Gasteiger partial charge >= 0.3 is 0 Å². The zero-order valence-electron chi connectivity index (χ0n) is 29.8. The van der Waals surface area contributed by atoms with Crippen LogP contribution in [0, 0.1) is 0 Å². The summed E-state index contributed by atoms with van der Waals surface area (Å²) in [6.07, 6.45) is 0. The predicted molar refractivity (Wildman–Crippen MR) is 225 cm³/mol. The smallest absolute Gasteiger partial charge is 0.136 e. The van der Waals surface area contributed by atoms with Crippen molar-refractivity contribution >= 4 is 21.9 Å². The summed E-state index contributed by atoms with van der Waals surface area (Å²) < 4.78 is 6.76. The highest BCUT2D eigenvalue weighted by molar-refractivity contribution is 6.21. The van der Waals surface area contributed by atoms with Crippen LogP contribution in [0.15, 0.2) is 205 Å². The molecule has 4 nitrogen and oxygen atoms in total. The van der Waals surface area contributed by atoms with Gasteiger partial charge in [0.15, 0.2) is 0 Å². The number of benzene rings is 8. The standard InChI is InChI=1S/C51H33N3O/c1-6-19-34(20-7-1)39-30-18-31-41(47(39)51-46(37-25-12-4-13-26-37)50(52-54-53-51)38-27-14-5-15-28-38)49-45(36-23-10-3-11-24-36)42(35-21-8-2-9-22-35)33-44-48(49)40-29-16-17-32-43(40)55-44/h1-33H. The van der Waals surface area contributed by atoms with Crippen molar-refractivity contribution in [1.29, 1.82) is 0 Å². The van der Waals surface area contributed by atoms with E-state index in [2.05, 4.69) is 175 Å². The second-order valence-electron chi connectivity index (χ2n) is 13.6. The molecule has 2 aromatic heterocycles. The molecular formula is C51H33N3O. The van der Waals surface area contributed by atoms with Crippen LogP contribution in [0.25, 0.3) is 100 Å². The van der Waals surface area contributed by atoms with Crippen molar-refractivity contribution in [1.82, 2.24) is 15.4 Å². The third kappa shape index (κ3) is 5.68. The molecule has 0 atom stereocenters. The van der Waals surface area contributed by atoms with E-state index in [0.717, 1.165) is 100 Å². The fourth-order valence-corrected chi connectivity index (χ4v) is 7.96. The number of rotatable bonds is 7. The Morgan fingerprint density at radius 1 is 0.309 bits per heavy atom. The van der Waals surface area contributed by atoms with Crippen molar-refractivity contribution in [2.45, 2.75) is 0 Å². The molecule has 0 saturated carbocycles. The molecule has 10 rings (SSSR count). The van der Waals surface area contributed by atoms with Gasteiger partial charge in [0, 0.05) is 33.0 Å². The molecule has 0 N–H and O–H groups in total. The second-order valence-corrected chi connectivity index (χ2v) is 13.6. The zero-order chi connectivity index (χ0) is 36.6.